The minimum atomic E-state index is -0.732. The largest absolute Gasteiger partial charge is 0.349 e. The first-order chi connectivity index (χ1) is 17.3. The Hall–Kier alpha value is -4.09. The molecular weight excluding hydrogens is 500 g/mol. The lowest BCUT2D eigenvalue weighted by molar-refractivity contribution is -0.385. The molecule has 0 fully saturated rings. The van der Waals surface area contributed by atoms with Gasteiger partial charge in [0.25, 0.3) is 17.5 Å². The molecule has 3 aromatic carbocycles. The third-order valence-corrected chi connectivity index (χ3v) is 7.87. The minimum absolute atomic E-state index is 0.00518. The van der Waals surface area contributed by atoms with Crippen LogP contribution in [0.5, 0.6) is 0 Å². The summed E-state index contributed by atoms with van der Waals surface area (Å²) in [6, 6.07) is 18.5. The number of aromatic nitrogens is 1. The highest BCUT2D eigenvalue weighted by atomic mass is 32.2. The van der Waals surface area contributed by atoms with Gasteiger partial charge in [-0.3, -0.25) is 24.5 Å². The monoisotopic (exact) mass is 518 g/mol. The van der Waals surface area contributed by atoms with Gasteiger partial charge in [0, 0.05) is 6.07 Å². The Morgan fingerprint density at radius 1 is 1.11 bits per heavy atom. The molecule has 3 amide bonds. The zero-order valence-corrected chi connectivity index (χ0v) is 20.5. The lowest BCUT2D eigenvalue weighted by Gasteiger charge is -2.13. The number of hydrogen-bond donors (Lipinski definition) is 1. The highest BCUT2D eigenvalue weighted by Gasteiger charge is 2.41. The van der Waals surface area contributed by atoms with Gasteiger partial charge in [-0.05, 0) is 36.8 Å². The Balaban J connectivity index is 1.31. The summed E-state index contributed by atoms with van der Waals surface area (Å²) in [6.07, 6.45) is 0. The number of thiazole rings is 1. The van der Waals surface area contributed by atoms with Gasteiger partial charge in [-0.1, -0.05) is 48.2 Å². The van der Waals surface area contributed by atoms with Crippen molar-refractivity contribution in [2.45, 2.75) is 17.3 Å². The first kappa shape index (κ1) is 23.6. The molecule has 180 valence electrons. The second-order valence-corrected chi connectivity index (χ2v) is 10.3. The molecule has 1 aliphatic heterocycles. The molecule has 0 unspecified atom stereocenters. The Morgan fingerprint density at radius 2 is 1.89 bits per heavy atom. The van der Waals surface area contributed by atoms with E-state index >= 15 is 0 Å². The summed E-state index contributed by atoms with van der Waals surface area (Å²) in [4.78, 5) is 54.5. The van der Waals surface area contributed by atoms with Gasteiger partial charge in [0.15, 0.2) is 4.34 Å². The lowest BCUT2D eigenvalue weighted by Crippen LogP contribution is -2.29. The molecule has 4 aromatic rings. The number of imide groups is 1. The molecule has 36 heavy (non-hydrogen) atoms. The van der Waals surface area contributed by atoms with Gasteiger partial charge >= 0.3 is 0 Å². The summed E-state index contributed by atoms with van der Waals surface area (Å²) in [5.74, 6) is -1.28. The topological polar surface area (TPSA) is 123 Å². The maximum absolute atomic E-state index is 13.0. The zero-order chi connectivity index (χ0) is 25.4. The van der Waals surface area contributed by atoms with Crippen molar-refractivity contribution >= 4 is 62.4 Å². The van der Waals surface area contributed by atoms with Gasteiger partial charge < -0.3 is 5.32 Å². The van der Waals surface area contributed by atoms with E-state index in [9.17, 15) is 24.5 Å². The number of amides is 3. The van der Waals surface area contributed by atoms with E-state index in [0.717, 1.165) is 15.2 Å². The van der Waals surface area contributed by atoms with Crippen molar-refractivity contribution in [2.75, 3.05) is 10.7 Å². The van der Waals surface area contributed by atoms with Crippen LogP contribution in [0.1, 0.15) is 39.2 Å². The number of thioether (sulfide) groups is 1. The fourth-order valence-electron chi connectivity index (χ4n) is 3.98. The molecule has 0 aliphatic carbocycles. The molecule has 0 saturated heterocycles. The van der Waals surface area contributed by atoms with Crippen molar-refractivity contribution in [1.29, 1.82) is 0 Å². The molecular formula is C25H18N4O5S2. The predicted octanol–water partition coefficient (Wildman–Crippen LogP) is 4.97. The van der Waals surface area contributed by atoms with Crippen LogP contribution in [-0.2, 0) is 4.79 Å². The summed E-state index contributed by atoms with van der Waals surface area (Å²) in [5, 5.41) is 14.3. The number of nitro groups is 1. The average Bonchev–Trinajstić information content (AvgIpc) is 3.40. The molecule has 1 aliphatic rings. The van der Waals surface area contributed by atoms with Crippen molar-refractivity contribution in [2.24, 2.45) is 0 Å². The molecule has 1 atom stereocenters. The highest BCUT2D eigenvalue weighted by Crippen LogP contribution is 2.37. The third kappa shape index (κ3) is 4.34. The van der Waals surface area contributed by atoms with Crippen LogP contribution < -0.4 is 10.2 Å². The van der Waals surface area contributed by atoms with Crippen LogP contribution in [0.15, 0.2) is 71.1 Å². The number of nitro benzene ring substituents is 1. The normalized spacial score (nSPS) is 13.6. The van der Waals surface area contributed by atoms with Crippen LogP contribution in [0.2, 0.25) is 0 Å². The molecule has 0 bridgehead atoms. The number of fused-ring (bicyclic) bond motifs is 2. The maximum Gasteiger partial charge on any atom is 0.283 e. The fraction of sp³-hybridized carbons (Fsp3) is 0.120. The molecule has 9 nitrogen and oxygen atoms in total. The number of nitrogens with zero attached hydrogens (tertiary/aromatic N) is 3. The number of carbonyl (C=O) groups is 3. The number of anilines is 1. The Morgan fingerprint density at radius 3 is 2.64 bits per heavy atom. The predicted molar refractivity (Wildman–Crippen MR) is 138 cm³/mol. The van der Waals surface area contributed by atoms with E-state index in [1.165, 1.54) is 41.3 Å². The van der Waals surface area contributed by atoms with Gasteiger partial charge in [-0.15, -0.1) is 11.3 Å². The number of nitrogens with one attached hydrogen (secondary N) is 1. The maximum atomic E-state index is 13.0. The van der Waals surface area contributed by atoms with E-state index in [1.807, 2.05) is 37.3 Å². The summed E-state index contributed by atoms with van der Waals surface area (Å²) < 4.78 is 1.39. The number of rotatable bonds is 7. The van der Waals surface area contributed by atoms with Gasteiger partial charge in [-0.25, -0.2) is 9.88 Å². The molecule has 1 aromatic heterocycles. The van der Waals surface area contributed by atoms with Crippen LogP contribution in [0.3, 0.4) is 0 Å². The van der Waals surface area contributed by atoms with Crippen LogP contribution in [0, 0.1) is 10.1 Å². The van der Waals surface area contributed by atoms with Crippen molar-refractivity contribution in [3.63, 3.8) is 0 Å². The van der Waals surface area contributed by atoms with E-state index in [-0.39, 0.29) is 28.8 Å². The third-order valence-electron chi connectivity index (χ3n) is 5.70. The standard InChI is InChI=1S/C25H18N4O5S2/c1-14(15-6-3-2-4-7-15)26-21(30)13-35-25-27-18-11-10-16(12-20(18)36-25)28-23(31)17-8-5-9-19(29(33)34)22(17)24(28)32/h2-12,14H,13H2,1H3,(H,26,30)/t14-/m0/s1. The van der Waals surface area contributed by atoms with Crippen LogP contribution in [0.4, 0.5) is 11.4 Å². The summed E-state index contributed by atoms with van der Waals surface area (Å²) in [6.45, 7) is 1.92. The number of carbonyl (C=O) groups excluding carboxylic acids is 3. The smallest absolute Gasteiger partial charge is 0.283 e. The number of hydrogen-bond acceptors (Lipinski definition) is 8. The van der Waals surface area contributed by atoms with E-state index in [4.69, 9.17) is 0 Å². The molecule has 1 N–H and O–H groups in total. The lowest BCUT2D eigenvalue weighted by atomic mass is 10.1. The van der Waals surface area contributed by atoms with Crippen molar-refractivity contribution < 1.29 is 19.3 Å². The molecule has 5 rings (SSSR count). The molecule has 0 radical (unpaired) electrons. The fourth-order valence-corrected chi connectivity index (χ4v) is 5.90. The summed E-state index contributed by atoms with van der Waals surface area (Å²) >= 11 is 2.63. The Kier molecular flexibility index (Phi) is 6.25. The first-order valence-corrected chi connectivity index (χ1v) is 12.7. The van der Waals surface area contributed by atoms with Crippen LogP contribution >= 0.6 is 23.1 Å². The molecule has 0 saturated carbocycles. The van der Waals surface area contributed by atoms with E-state index in [1.54, 1.807) is 18.2 Å². The quantitative estimate of drug-likeness (QED) is 0.159. The van der Waals surface area contributed by atoms with Gasteiger partial charge in [0.1, 0.15) is 5.56 Å². The first-order valence-electron chi connectivity index (χ1n) is 10.9. The highest BCUT2D eigenvalue weighted by molar-refractivity contribution is 8.01. The second kappa shape index (κ2) is 9.51. The van der Waals surface area contributed by atoms with Crippen LogP contribution in [-0.4, -0.2) is 33.4 Å². The van der Waals surface area contributed by atoms with Crippen molar-refractivity contribution in [3.8, 4) is 0 Å². The molecule has 2 heterocycles. The van der Waals surface area contributed by atoms with E-state index < -0.39 is 22.4 Å². The molecule has 0 spiro atoms. The van der Waals surface area contributed by atoms with E-state index in [0.29, 0.717) is 15.5 Å². The SMILES string of the molecule is C[C@H](NC(=O)CSc1nc2ccc(N3C(=O)c4cccc([N+](=O)[O-])c4C3=O)cc2s1)c1ccccc1. The summed E-state index contributed by atoms with van der Waals surface area (Å²) in [5.41, 5.74) is 1.38. The number of benzene rings is 3. The van der Waals surface area contributed by atoms with Gasteiger partial charge in [-0.2, -0.15) is 0 Å². The minimum Gasteiger partial charge on any atom is -0.349 e. The van der Waals surface area contributed by atoms with Gasteiger partial charge in [0.2, 0.25) is 5.91 Å². The van der Waals surface area contributed by atoms with E-state index in [2.05, 4.69) is 10.3 Å². The Bertz CT molecular complexity index is 1540. The average molecular weight is 519 g/mol. The Labute approximate surface area is 213 Å². The zero-order valence-electron chi connectivity index (χ0n) is 18.8. The van der Waals surface area contributed by atoms with Crippen LogP contribution in [0.25, 0.3) is 10.2 Å². The molecule has 11 heteroatoms. The summed E-state index contributed by atoms with van der Waals surface area (Å²) in [7, 11) is 0. The van der Waals surface area contributed by atoms with Crippen molar-refractivity contribution in [3.05, 3.63) is 93.5 Å². The second-order valence-electron chi connectivity index (χ2n) is 8.02. The van der Waals surface area contributed by atoms with Crippen molar-refractivity contribution in [1.82, 2.24) is 10.3 Å². The van der Waals surface area contributed by atoms with Gasteiger partial charge in [0.05, 0.1) is 38.2 Å².